The first-order chi connectivity index (χ1) is 14.0. The average molecular weight is 419 g/mol. The quantitative estimate of drug-likeness (QED) is 0.568. The summed E-state index contributed by atoms with van der Waals surface area (Å²) in [5, 5.41) is 3.46. The van der Waals surface area contributed by atoms with Crippen molar-refractivity contribution in [1.29, 1.82) is 0 Å². The van der Waals surface area contributed by atoms with Gasteiger partial charge in [0, 0.05) is 31.8 Å². The Labute approximate surface area is 176 Å². The summed E-state index contributed by atoms with van der Waals surface area (Å²) in [4.78, 5) is 27.0. The maximum atomic E-state index is 12.9. The topological polar surface area (TPSA) is 67.9 Å². The number of carbonyl (C=O) groups excluding carboxylic acids is 2. The number of carbonyl (C=O) groups is 2. The number of nitrogens with one attached hydrogen (secondary N) is 1. The minimum atomic E-state index is -0.653. The van der Waals surface area contributed by atoms with Crippen molar-refractivity contribution in [3.63, 3.8) is 0 Å². The summed E-state index contributed by atoms with van der Waals surface area (Å²) in [5.41, 5.74) is 0.876. The normalized spacial score (nSPS) is 11.6. The second-order valence-electron chi connectivity index (χ2n) is 6.56. The van der Waals surface area contributed by atoms with E-state index in [0.717, 1.165) is 5.56 Å². The van der Waals surface area contributed by atoms with Gasteiger partial charge in [-0.05, 0) is 43.2 Å². The summed E-state index contributed by atoms with van der Waals surface area (Å²) >= 11 is 5.95. The minimum Gasteiger partial charge on any atom is -0.484 e. The molecule has 0 radical (unpaired) electrons. The van der Waals surface area contributed by atoms with Crippen LogP contribution in [0.5, 0.6) is 5.75 Å². The number of nitrogens with zero attached hydrogens (tertiary/aromatic N) is 1. The lowest BCUT2D eigenvalue weighted by Gasteiger charge is -2.28. The number of halogens is 1. The Bertz CT molecular complexity index is 768. The number of hydrogen-bond donors (Lipinski definition) is 1. The summed E-state index contributed by atoms with van der Waals surface area (Å²) in [7, 11) is 1.61. The molecule has 0 aromatic heterocycles. The van der Waals surface area contributed by atoms with Crippen molar-refractivity contribution in [3.05, 3.63) is 65.2 Å². The van der Waals surface area contributed by atoms with E-state index in [-0.39, 0.29) is 25.0 Å². The molecule has 0 heterocycles. The molecule has 0 unspecified atom stereocenters. The van der Waals surface area contributed by atoms with Crippen LogP contribution < -0.4 is 10.1 Å². The predicted molar refractivity (Wildman–Crippen MR) is 113 cm³/mol. The molecule has 0 saturated heterocycles. The van der Waals surface area contributed by atoms with Crippen LogP contribution in [0.2, 0.25) is 5.02 Å². The van der Waals surface area contributed by atoms with Crippen LogP contribution >= 0.6 is 11.6 Å². The lowest BCUT2D eigenvalue weighted by Crippen LogP contribution is -2.49. The molecule has 1 atom stereocenters. The molecule has 0 saturated carbocycles. The lowest BCUT2D eigenvalue weighted by atomic mass is 10.1. The molecule has 0 aliphatic heterocycles. The number of hydrogen-bond acceptors (Lipinski definition) is 4. The van der Waals surface area contributed by atoms with Gasteiger partial charge in [0.2, 0.25) is 5.91 Å². The zero-order valence-electron chi connectivity index (χ0n) is 16.8. The fourth-order valence-corrected chi connectivity index (χ4v) is 2.82. The number of benzene rings is 2. The molecule has 29 heavy (non-hydrogen) atoms. The van der Waals surface area contributed by atoms with Gasteiger partial charge in [0.1, 0.15) is 11.8 Å². The Morgan fingerprint density at radius 2 is 1.79 bits per heavy atom. The van der Waals surface area contributed by atoms with Gasteiger partial charge in [0.15, 0.2) is 6.61 Å². The Kier molecular flexibility index (Phi) is 9.47. The van der Waals surface area contributed by atoms with Crippen molar-refractivity contribution in [2.24, 2.45) is 0 Å². The van der Waals surface area contributed by atoms with Crippen molar-refractivity contribution >= 4 is 23.4 Å². The third-order valence-electron chi connectivity index (χ3n) is 4.36. The second kappa shape index (κ2) is 12.1. The molecular weight excluding hydrogens is 392 g/mol. The van der Waals surface area contributed by atoms with Crippen molar-refractivity contribution < 1.29 is 19.1 Å². The Hall–Kier alpha value is -2.57. The SMILES string of the molecule is COCCCNC(=O)[C@H](C)N(Cc1ccc(Cl)cc1)C(=O)COc1ccccc1. The van der Waals surface area contributed by atoms with Crippen molar-refractivity contribution in [2.75, 3.05) is 26.9 Å². The summed E-state index contributed by atoms with van der Waals surface area (Å²) in [6.07, 6.45) is 0.706. The van der Waals surface area contributed by atoms with Gasteiger partial charge in [-0.3, -0.25) is 9.59 Å². The van der Waals surface area contributed by atoms with Crippen LogP contribution in [0.3, 0.4) is 0 Å². The highest BCUT2D eigenvalue weighted by molar-refractivity contribution is 6.30. The first-order valence-electron chi connectivity index (χ1n) is 9.49. The zero-order chi connectivity index (χ0) is 21.1. The maximum absolute atomic E-state index is 12.9. The number of ether oxygens (including phenoxy) is 2. The minimum absolute atomic E-state index is 0.154. The Morgan fingerprint density at radius 3 is 2.45 bits per heavy atom. The average Bonchev–Trinajstić information content (AvgIpc) is 2.74. The van der Waals surface area contributed by atoms with E-state index in [1.54, 1.807) is 38.3 Å². The summed E-state index contributed by atoms with van der Waals surface area (Å²) in [6.45, 7) is 2.88. The molecule has 2 aromatic rings. The van der Waals surface area contributed by atoms with Crippen molar-refractivity contribution in [2.45, 2.75) is 25.9 Å². The van der Waals surface area contributed by atoms with E-state index < -0.39 is 6.04 Å². The smallest absolute Gasteiger partial charge is 0.261 e. The summed E-state index contributed by atoms with van der Waals surface area (Å²) in [6, 6.07) is 15.6. The molecule has 2 aromatic carbocycles. The number of amides is 2. The summed E-state index contributed by atoms with van der Waals surface area (Å²) in [5.74, 6) is 0.107. The molecule has 1 N–H and O–H groups in total. The number of para-hydroxylation sites is 1. The number of methoxy groups -OCH3 is 1. The molecule has 0 fully saturated rings. The van der Waals surface area contributed by atoms with Crippen molar-refractivity contribution in [1.82, 2.24) is 10.2 Å². The third kappa shape index (κ3) is 7.75. The van der Waals surface area contributed by atoms with Crippen LogP contribution in [0.25, 0.3) is 0 Å². The second-order valence-corrected chi connectivity index (χ2v) is 7.00. The molecule has 2 amide bonds. The van der Waals surface area contributed by atoms with Gasteiger partial charge in [0.05, 0.1) is 0 Å². The van der Waals surface area contributed by atoms with Crippen LogP contribution in [-0.2, 0) is 20.9 Å². The van der Waals surface area contributed by atoms with Gasteiger partial charge < -0.3 is 19.7 Å². The monoisotopic (exact) mass is 418 g/mol. The first kappa shape index (κ1) is 22.7. The Balaban J connectivity index is 2.05. The van der Waals surface area contributed by atoms with Crippen LogP contribution in [0.15, 0.2) is 54.6 Å². The van der Waals surface area contributed by atoms with E-state index in [2.05, 4.69) is 5.32 Å². The molecule has 0 bridgehead atoms. The van der Waals surface area contributed by atoms with Gasteiger partial charge in [-0.2, -0.15) is 0 Å². The largest absolute Gasteiger partial charge is 0.484 e. The van der Waals surface area contributed by atoms with E-state index in [4.69, 9.17) is 21.1 Å². The molecule has 156 valence electrons. The van der Waals surface area contributed by atoms with E-state index in [1.165, 1.54) is 4.90 Å². The molecule has 6 nitrogen and oxygen atoms in total. The van der Waals surface area contributed by atoms with Gasteiger partial charge in [-0.1, -0.05) is 41.9 Å². The zero-order valence-corrected chi connectivity index (χ0v) is 17.5. The highest BCUT2D eigenvalue weighted by Gasteiger charge is 2.26. The molecule has 0 aliphatic rings. The van der Waals surface area contributed by atoms with Crippen LogP contribution in [-0.4, -0.2) is 49.6 Å². The molecule has 0 aliphatic carbocycles. The van der Waals surface area contributed by atoms with Gasteiger partial charge in [-0.15, -0.1) is 0 Å². The van der Waals surface area contributed by atoms with Crippen LogP contribution in [0.1, 0.15) is 18.9 Å². The highest BCUT2D eigenvalue weighted by Crippen LogP contribution is 2.15. The van der Waals surface area contributed by atoms with Gasteiger partial charge in [-0.25, -0.2) is 0 Å². The fraction of sp³-hybridized carbons (Fsp3) is 0.364. The van der Waals surface area contributed by atoms with Crippen molar-refractivity contribution in [3.8, 4) is 5.75 Å². The number of rotatable bonds is 11. The fourth-order valence-electron chi connectivity index (χ4n) is 2.69. The molecule has 7 heteroatoms. The standard InChI is InChI=1S/C22H27ClN2O4/c1-17(22(27)24-13-6-14-28-2)25(15-18-9-11-19(23)12-10-18)21(26)16-29-20-7-4-3-5-8-20/h3-5,7-12,17H,6,13-16H2,1-2H3,(H,24,27)/t17-/m0/s1. The Morgan fingerprint density at radius 1 is 1.10 bits per heavy atom. The van der Waals surface area contributed by atoms with E-state index in [9.17, 15) is 9.59 Å². The third-order valence-corrected chi connectivity index (χ3v) is 4.62. The van der Waals surface area contributed by atoms with E-state index >= 15 is 0 Å². The maximum Gasteiger partial charge on any atom is 0.261 e. The lowest BCUT2D eigenvalue weighted by molar-refractivity contribution is -0.142. The summed E-state index contributed by atoms with van der Waals surface area (Å²) < 4.78 is 10.6. The van der Waals surface area contributed by atoms with Gasteiger partial charge in [0.25, 0.3) is 5.91 Å². The van der Waals surface area contributed by atoms with Crippen LogP contribution in [0.4, 0.5) is 0 Å². The molecular formula is C22H27ClN2O4. The van der Waals surface area contributed by atoms with Crippen LogP contribution in [0, 0.1) is 0 Å². The van der Waals surface area contributed by atoms with E-state index in [0.29, 0.717) is 30.3 Å². The predicted octanol–water partition coefficient (Wildman–Crippen LogP) is 3.29. The van der Waals surface area contributed by atoms with E-state index in [1.807, 2.05) is 30.3 Å². The molecule has 2 rings (SSSR count). The first-order valence-corrected chi connectivity index (χ1v) is 9.87. The molecule has 0 spiro atoms. The van der Waals surface area contributed by atoms with Gasteiger partial charge >= 0.3 is 0 Å². The highest BCUT2D eigenvalue weighted by atomic mass is 35.5.